The highest BCUT2D eigenvalue weighted by Gasteiger charge is 2.27. The first-order valence-electron chi connectivity index (χ1n) is 13.5. The Morgan fingerprint density at radius 2 is 1.33 bits per heavy atom. The van der Waals surface area contributed by atoms with Crippen molar-refractivity contribution < 1.29 is 4.79 Å². The van der Waals surface area contributed by atoms with Crippen LogP contribution in [0.1, 0.15) is 101 Å². The molecule has 2 aliphatic rings. The molecule has 1 N–H and O–H groups in total. The Hall–Kier alpha value is -2.68. The van der Waals surface area contributed by atoms with Crippen molar-refractivity contribution >= 4 is 11.6 Å². The van der Waals surface area contributed by atoms with Crippen LogP contribution >= 0.6 is 0 Å². The maximum absolute atomic E-state index is 12.3. The fourth-order valence-corrected chi connectivity index (χ4v) is 5.31. The summed E-state index contributed by atoms with van der Waals surface area (Å²) in [5.74, 6) is -0.221. The van der Waals surface area contributed by atoms with Crippen molar-refractivity contribution in [2.75, 3.05) is 0 Å². The number of nitrogens with zero attached hydrogens (tertiary/aromatic N) is 1. The molecule has 0 aliphatic heterocycles. The molecule has 0 radical (unpaired) electrons. The standard InChI is InChI=1S/C33H48N2O/c1-24(17-19-29-26(3)15-11-21-32(29,6)7)13-10-14-25(2)23-31(36)35-34-28(5)18-20-30-27(4)16-12-22-33(30,8)9/h10,13-14,17-20,23H,11-12,15-16,21-22H2,1-9H3,(H,35,36). The fraction of sp³-hybridized carbons (Fsp3) is 0.515. The average Bonchev–Trinajstić information content (AvgIpc) is 2.76. The van der Waals surface area contributed by atoms with E-state index in [1.807, 2.05) is 32.1 Å². The summed E-state index contributed by atoms with van der Waals surface area (Å²) in [5.41, 5.74) is 11.7. The summed E-state index contributed by atoms with van der Waals surface area (Å²) < 4.78 is 0. The first kappa shape index (κ1) is 29.5. The van der Waals surface area contributed by atoms with Gasteiger partial charge < -0.3 is 0 Å². The molecule has 0 heterocycles. The molecule has 0 atom stereocenters. The Morgan fingerprint density at radius 1 is 0.806 bits per heavy atom. The molecule has 0 fully saturated rings. The van der Waals surface area contributed by atoms with Gasteiger partial charge in [0.2, 0.25) is 0 Å². The molecule has 196 valence electrons. The van der Waals surface area contributed by atoms with E-state index in [9.17, 15) is 4.79 Å². The average molecular weight is 489 g/mol. The molecule has 0 bridgehead atoms. The van der Waals surface area contributed by atoms with Crippen LogP contribution < -0.4 is 5.43 Å². The lowest BCUT2D eigenvalue weighted by molar-refractivity contribution is -0.116. The number of allylic oxidation sites excluding steroid dienone is 13. The number of rotatable bonds is 8. The van der Waals surface area contributed by atoms with Gasteiger partial charge in [0.1, 0.15) is 0 Å². The number of carbonyl (C=O) groups is 1. The molecule has 1 amide bonds. The topological polar surface area (TPSA) is 41.5 Å². The van der Waals surface area contributed by atoms with E-state index in [2.05, 4.69) is 83.3 Å². The van der Waals surface area contributed by atoms with E-state index >= 15 is 0 Å². The van der Waals surface area contributed by atoms with Crippen molar-refractivity contribution in [1.82, 2.24) is 5.43 Å². The van der Waals surface area contributed by atoms with Gasteiger partial charge in [-0.2, -0.15) is 5.10 Å². The molecule has 0 aromatic carbocycles. The van der Waals surface area contributed by atoms with Gasteiger partial charge in [-0.1, -0.05) is 80.9 Å². The van der Waals surface area contributed by atoms with E-state index in [-0.39, 0.29) is 16.7 Å². The zero-order valence-corrected chi connectivity index (χ0v) is 24.2. The summed E-state index contributed by atoms with van der Waals surface area (Å²) in [5, 5.41) is 4.24. The molecule has 0 aromatic rings. The van der Waals surface area contributed by atoms with Gasteiger partial charge in [-0.3, -0.25) is 4.79 Å². The third-order valence-corrected chi connectivity index (χ3v) is 7.51. The van der Waals surface area contributed by atoms with Crippen LogP contribution in [0.4, 0.5) is 0 Å². The first-order valence-corrected chi connectivity index (χ1v) is 13.5. The number of hydrazone groups is 1. The minimum absolute atomic E-state index is 0.194. The predicted octanol–water partition coefficient (Wildman–Crippen LogP) is 9.09. The molecular formula is C33H48N2O. The van der Waals surface area contributed by atoms with E-state index < -0.39 is 0 Å². The van der Waals surface area contributed by atoms with Gasteiger partial charge in [-0.15, -0.1) is 0 Å². The van der Waals surface area contributed by atoms with Gasteiger partial charge in [-0.25, -0.2) is 5.43 Å². The van der Waals surface area contributed by atoms with Crippen LogP contribution in [0.2, 0.25) is 0 Å². The lowest BCUT2D eigenvalue weighted by Crippen LogP contribution is -2.19. The fourth-order valence-electron chi connectivity index (χ4n) is 5.31. The van der Waals surface area contributed by atoms with Crippen molar-refractivity contribution in [3.63, 3.8) is 0 Å². The molecule has 3 heteroatoms. The second-order valence-electron chi connectivity index (χ2n) is 11.9. The van der Waals surface area contributed by atoms with Crippen molar-refractivity contribution in [3.05, 3.63) is 82.0 Å². The Bertz CT molecular complexity index is 1060. The third-order valence-electron chi connectivity index (χ3n) is 7.51. The normalized spacial score (nSPS) is 21.9. The zero-order chi connectivity index (χ0) is 26.9. The molecule has 3 nitrogen and oxygen atoms in total. The number of hydrogen-bond donors (Lipinski definition) is 1. The minimum atomic E-state index is -0.221. The molecule has 2 rings (SSSR count). The molecule has 0 saturated carbocycles. The summed E-state index contributed by atoms with van der Waals surface area (Å²) in [6, 6.07) is 0. The number of carbonyl (C=O) groups excluding carboxylic acids is 1. The van der Waals surface area contributed by atoms with E-state index in [4.69, 9.17) is 0 Å². The highest BCUT2D eigenvalue weighted by molar-refractivity contribution is 5.95. The quantitative estimate of drug-likeness (QED) is 0.157. The zero-order valence-electron chi connectivity index (χ0n) is 24.2. The van der Waals surface area contributed by atoms with Crippen LogP contribution in [0.25, 0.3) is 0 Å². The first-order chi connectivity index (χ1) is 16.8. The second kappa shape index (κ2) is 13.0. The maximum atomic E-state index is 12.3. The smallest absolute Gasteiger partial charge is 0.264 e. The van der Waals surface area contributed by atoms with Crippen LogP contribution in [-0.4, -0.2) is 11.6 Å². The monoisotopic (exact) mass is 488 g/mol. The van der Waals surface area contributed by atoms with Gasteiger partial charge in [-0.05, 0) is 107 Å². The summed E-state index contributed by atoms with van der Waals surface area (Å²) in [6.07, 6.45) is 23.6. The van der Waals surface area contributed by atoms with Crippen molar-refractivity contribution in [2.24, 2.45) is 15.9 Å². The minimum Gasteiger partial charge on any atom is -0.268 e. The van der Waals surface area contributed by atoms with Crippen LogP contribution in [-0.2, 0) is 4.79 Å². The molecule has 0 unspecified atom stereocenters. The summed E-state index contributed by atoms with van der Waals surface area (Å²) in [4.78, 5) is 12.3. The predicted molar refractivity (Wildman–Crippen MR) is 157 cm³/mol. The van der Waals surface area contributed by atoms with E-state index in [0.29, 0.717) is 0 Å². The lowest BCUT2D eigenvalue weighted by Gasteiger charge is -2.32. The van der Waals surface area contributed by atoms with Crippen LogP contribution in [0, 0.1) is 10.8 Å². The van der Waals surface area contributed by atoms with Crippen LogP contribution in [0.3, 0.4) is 0 Å². The van der Waals surface area contributed by atoms with Crippen molar-refractivity contribution in [3.8, 4) is 0 Å². The summed E-state index contributed by atoms with van der Waals surface area (Å²) >= 11 is 0. The highest BCUT2D eigenvalue weighted by atomic mass is 16.2. The number of nitrogens with one attached hydrogen (secondary N) is 1. The van der Waals surface area contributed by atoms with Crippen molar-refractivity contribution in [2.45, 2.75) is 101 Å². The Labute approximate surface area is 220 Å². The van der Waals surface area contributed by atoms with E-state index in [1.54, 1.807) is 6.08 Å². The largest absolute Gasteiger partial charge is 0.268 e. The van der Waals surface area contributed by atoms with Crippen LogP contribution in [0.5, 0.6) is 0 Å². The van der Waals surface area contributed by atoms with Gasteiger partial charge in [0.15, 0.2) is 0 Å². The second-order valence-corrected chi connectivity index (χ2v) is 11.9. The van der Waals surface area contributed by atoms with Crippen LogP contribution in [0.15, 0.2) is 87.1 Å². The molecule has 36 heavy (non-hydrogen) atoms. The Balaban J connectivity index is 1.93. The highest BCUT2D eigenvalue weighted by Crippen LogP contribution is 2.41. The molecule has 0 saturated heterocycles. The number of amides is 1. The third kappa shape index (κ3) is 9.08. The Kier molecular flexibility index (Phi) is 10.7. The van der Waals surface area contributed by atoms with Crippen molar-refractivity contribution in [1.29, 1.82) is 0 Å². The van der Waals surface area contributed by atoms with Gasteiger partial charge in [0, 0.05) is 6.08 Å². The van der Waals surface area contributed by atoms with Gasteiger partial charge >= 0.3 is 0 Å². The molecule has 2 aliphatic carbocycles. The molecular weight excluding hydrogens is 440 g/mol. The van der Waals surface area contributed by atoms with Gasteiger partial charge in [0.05, 0.1) is 5.71 Å². The SMILES string of the molecule is CC(C=CC1=C(C)CCCC1(C)C)=CC=CC(C)=CC(=O)NN=C(C)C=CC1=C(C)CCCC1(C)C. The van der Waals surface area contributed by atoms with Gasteiger partial charge in [0.25, 0.3) is 5.91 Å². The van der Waals surface area contributed by atoms with E-state index in [0.717, 1.165) is 17.7 Å². The summed E-state index contributed by atoms with van der Waals surface area (Å²) in [7, 11) is 0. The Morgan fingerprint density at radius 3 is 1.86 bits per heavy atom. The van der Waals surface area contributed by atoms with E-state index in [1.165, 1.54) is 60.0 Å². The number of hydrogen-bond acceptors (Lipinski definition) is 2. The maximum Gasteiger partial charge on any atom is 0.264 e. The molecule has 0 spiro atoms. The molecule has 0 aromatic heterocycles. The lowest BCUT2D eigenvalue weighted by atomic mass is 9.72. The summed E-state index contributed by atoms with van der Waals surface area (Å²) in [6.45, 7) is 19.7.